The molecule has 0 aromatic heterocycles. The third-order valence-electron chi connectivity index (χ3n) is 3.93. The number of nitrogens with one attached hydrogen (secondary N) is 1. The maximum absolute atomic E-state index is 12.1. The first-order valence-corrected chi connectivity index (χ1v) is 9.19. The number of benzene rings is 2. The van der Waals surface area contributed by atoms with Gasteiger partial charge in [0.1, 0.15) is 5.75 Å². The topological polar surface area (TPSA) is 73.9 Å². The molecule has 6 nitrogen and oxygen atoms in total. The zero-order valence-corrected chi connectivity index (χ0v) is 16.8. The molecule has 2 aromatic rings. The van der Waals surface area contributed by atoms with Crippen LogP contribution in [-0.4, -0.2) is 32.0 Å². The molecular weight excluding hydrogens is 358 g/mol. The summed E-state index contributed by atoms with van der Waals surface area (Å²) in [4.78, 5) is 23.5. The predicted octanol–water partition coefficient (Wildman–Crippen LogP) is 3.63. The SMILES string of the molecule is COc1cc(C(C)=O)ccc1OCC(=O)NCc1ccc(OCC(C)C)cc1. The summed E-state index contributed by atoms with van der Waals surface area (Å²) in [6, 6.07) is 12.5. The molecule has 0 saturated carbocycles. The average molecular weight is 385 g/mol. The number of amides is 1. The van der Waals surface area contributed by atoms with Crippen molar-refractivity contribution in [2.75, 3.05) is 20.3 Å². The van der Waals surface area contributed by atoms with Crippen LogP contribution < -0.4 is 19.5 Å². The van der Waals surface area contributed by atoms with E-state index < -0.39 is 0 Å². The summed E-state index contributed by atoms with van der Waals surface area (Å²) in [5.74, 6) is 1.79. The van der Waals surface area contributed by atoms with Gasteiger partial charge in [-0.2, -0.15) is 0 Å². The van der Waals surface area contributed by atoms with Gasteiger partial charge in [-0.1, -0.05) is 26.0 Å². The zero-order valence-electron chi connectivity index (χ0n) is 16.8. The molecule has 0 bridgehead atoms. The summed E-state index contributed by atoms with van der Waals surface area (Å²) in [6.45, 7) is 6.59. The number of carbonyl (C=O) groups excluding carboxylic acids is 2. The Balaban J connectivity index is 1.82. The van der Waals surface area contributed by atoms with E-state index >= 15 is 0 Å². The molecule has 2 aromatic carbocycles. The van der Waals surface area contributed by atoms with Gasteiger partial charge in [0, 0.05) is 12.1 Å². The van der Waals surface area contributed by atoms with Crippen molar-refractivity contribution in [1.29, 1.82) is 0 Å². The van der Waals surface area contributed by atoms with E-state index in [1.807, 2.05) is 24.3 Å². The molecule has 0 aliphatic heterocycles. The van der Waals surface area contributed by atoms with Crippen molar-refractivity contribution in [2.45, 2.75) is 27.3 Å². The van der Waals surface area contributed by atoms with Crippen LogP contribution in [0.15, 0.2) is 42.5 Å². The average Bonchev–Trinajstić information content (AvgIpc) is 2.69. The van der Waals surface area contributed by atoms with E-state index in [4.69, 9.17) is 14.2 Å². The Labute approximate surface area is 165 Å². The lowest BCUT2D eigenvalue weighted by Crippen LogP contribution is -2.28. The quantitative estimate of drug-likeness (QED) is 0.632. The molecule has 150 valence electrons. The van der Waals surface area contributed by atoms with Crippen LogP contribution in [0.2, 0.25) is 0 Å². The normalized spacial score (nSPS) is 10.5. The van der Waals surface area contributed by atoms with Crippen molar-refractivity contribution in [1.82, 2.24) is 5.32 Å². The Kier molecular flexibility index (Phi) is 7.87. The minimum Gasteiger partial charge on any atom is -0.493 e. The van der Waals surface area contributed by atoms with Crippen molar-refractivity contribution >= 4 is 11.7 Å². The molecule has 2 rings (SSSR count). The van der Waals surface area contributed by atoms with E-state index in [1.54, 1.807) is 18.2 Å². The smallest absolute Gasteiger partial charge is 0.258 e. The fraction of sp³-hybridized carbons (Fsp3) is 0.364. The molecular formula is C22H27NO5. The van der Waals surface area contributed by atoms with Crippen LogP contribution in [0, 0.1) is 5.92 Å². The van der Waals surface area contributed by atoms with Gasteiger partial charge in [-0.25, -0.2) is 0 Å². The van der Waals surface area contributed by atoms with Crippen molar-refractivity contribution in [3.8, 4) is 17.2 Å². The highest BCUT2D eigenvalue weighted by molar-refractivity contribution is 5.94. The second-order valence-corrected chi connectivity index (χ2v) is 6.84. The highest BCUT2D eigenvalue weighted by Gasteiger charge is 2.10. The lowest BCUT2D eigenvalue weighted by atomic mass is 10.1. The van der Waals surface area contributed by atoms with Gasteiger partial charge in [0.25, 0.3) is 5.91 Å². The Morgan fingerprint density at radius 2 is 1.71 bits per heavy atom. The van der Waals surface area contributed by atoms with Gasteiger partial charge in [-0.15, -0.1) is 0 Å². The lowest BCUT2D eigenvalue weighted by Gasteiger charge is -2.12. The van der Waals surface area contributed by atoms with E-state index in [1.165, 1.54) is 14.0 Å². The molecule has 0 fully saturated rings. The van der Waals surface area contributed by atoms with E-state index in [9.17, 15) is 9.59 Å². The largest absolute Gasteiger partial charge is 0.493 e. The summed E-state index contributed by atoms with van der Waals surface area (Å²) in [5.41, 5.74) is 1.49. The molecule has 0 unspecified atom stereocenters. The highest BCUT2D eigenvalue weighted by atomic mass is 16.5. The molecule has 1 N–H and O–H groups in total. The number of ether oxygens (including phenoxy) is 3. The molecule has 0 radical (unpaired) electrons. The van der Waals surface area contributed by atoms with Crippen LogP contribution in [0.4, 0.5) is 0 Å². The fourth-order valence-corrected chi connectivity index (χ4v) is 2.37. The van der Waals surface area contributed by atoms with E-state index in [0.717, 1.165) is 11.3 Å². The fourth-order valence-electron chi connectivity index (χ4n) is 2.37. The van der Waals surface area contributed by atoms with Gasteiger partial charge < -0.3 is 19.5 Å². The van der Waals surface area contributed by atoms with Gasteiger partial charge >= 0.3 is 0 Å². The van der Waals surface area contributed by atoms with Crippen molar-refractivity contribution in [3.63, 3.8) is 0 Å². The van der Waals surface area contributed by atoms with Gasteiger partial charge in [0.2, 0.25) is 0 Å². The molecule has 0 aliphatic rings. The van der Waals surface area contributed by atoms with E-state index in [2.05, 4.69) is 19.2 Å². The van der Waals surface area contributed by atoms with Crippen LogP contribution in [-0.2, 0) is 11.3 Å². The maximum Gasteiger partial charge on any atom is 0.258 e. The van der Waals surface area contributed by atoms with Crippen LogP contribution in [0.25, 0.3) is 0 Å². The monoisotopic (exact) mass is 385 g/mol. The number of methoxy groups -OCH3 is 1. The Morgan fingerprint density at radius 1 is 1.00 bits per heavy atom. The van der Waals surface area contributed by atoms with Crippen LogP contribution >= 0.6 is 0 Å². The molecule has 6 heteroatoms. The number of Topliss-reactive ketones (excluding diaryl/α,β-unsaturated/α-hetero) is 1. The maximum atomic E-state index is 12.1. The first-order chi connectivity index (χ1) is 13.4. The zero-order chi connectivity index (χ0) is 20.5. The van der Waals surface area contributed by atoms with E-state index in [-0.39, 0.29) is 18.3 Å². The Morgan fingerprint density at radius 3 is 2.32 bits per heavy atom. The second kappa shape index (κ2) is 10.3. The predicted molar refractivity (Wildman–Crippen MR) is 107 cm³/mol. The summed E-state index contributed by atoms with van der Waals surface area (Å²) < 4.78 is 16.4. The standard InChI is InChI=1S/C22H27NO5/c1-15(2)13-27-19-8-5-17(6-9-19)12-23-22(25)14-28-20-10-7-18(16(3)24)11-21(20)26-4/h5-11,15H,12-14H2,1-4H3,(H,23,25). The molecule has 0 aliphatic carbocycles. The Hall–Kier alpha value is -3.02. The number of ketones is 1. The van der Waals surface area contributed by atoms with Crippen molar-refractivity contribution < 1.29 is 23.8 Å². The summed E-state index contributed by atoms with van der Waals surface area (Å²) in [5, 5.41) is 2.81. The van der Waals surface area contributed by atoms with Crippen molar-refractivity contribution in [3.05, 3.63) is 53.6 Å². The first-order valence-electron chi connectivity index (χ1n) is 9.19. The summed E-state index contributed by atoms with van der Waals surface area (Å²) in [6.07, 6.45) is 0. The third-order valence-corrected chi connectivity index (χ3v) is 3.93. The third kappa shape index (κ3) is 6.61. The summed E-state index contributed by atoms with van der Waals surface area (Å²) in [7, 11) is 1.49. The van der Waals surface area contributed by atoms with Crippen LogP contribution in [0.3, 0.4) is 0 Å². The Bertz CT molecular complexity index is 799. The van der Waals surface area contributed by atoms with E-state index in [0.29, 0.717) is 36.1 Å². The highest BCUT2D eigenvalue weighted by Crippen LogP contribution is 2.28. The molecule has 0 spiro atoms. The molecule has 0 atom stereocenters. The van der Waals surface area contributed by atoms with Gasteiger partial charge in [-0.05, 0) is 48.7 Å². The number of carbonyl (C=O) groups is 2. The number of hydrogen-bond acceptors (Lipinski definition) is 5. The van der Waals surface area contributed by atoms with Gasteiger partial charge in [0.05, 0.1) is 13.7 Å². The second-order valence-electron chi connectivity index (χ2n) is 6.84. The minimum atomic E-state index is -0.252. The molecule has 0 saturated heterocycles. The first kappa shape index (κ1) is 21.3. The van der Waals surface area contributed by atoms with Gasteiger partial charge in [-0.3, -0.25) is 9.59 Å². The number of rotatable bonds is 10. The number of hydrogen-bond donors (Lipinski definition) is 1. The van der Waals surface area contributed by atoms with Crippen LogP contribution in [0.1, 0.15) is 36.7 Å². The molecule has 1 amide bonds. The molecule has 28 heavy (non-hydrogen) atoms. The lowest BCUT2D eigenvalue weighted by molar-refractivity contribution is -0.123. The minimum absolute atomic E-state index is 0.0665. The van der Waals surface area contributed by atoms with Crippen LogP contribution in [0.5, 0.6) is 17.2 Å². The molecule has 0 heterocycles. The summed E-state index contributed by atoms with van der Waals surface area (Å²) >= 11 is 0. The van der Waals surface area contributed by atoms with Crippen molar-refractivity contribution in [2.24, 2.45) is 5.92 Å². The van der Waals surface area contributed by atoms with Gasteiger partial charge in [0.15, 0.2) is 23.9 Å².